The molecule has 0 aliphatic carbocycles. The van der Waals surface area contributed by atoms with E-state index >= 15 is 0 Å². The van der Waals surface area contributed by atoms with Crippen LogP contribution in [-0.2, 0) is 26.4 Å². The van der Waals surface area contributed by atoms with E-state index in [1.807, 2.05) is 89.8 Å². The fraction of sp³-hybridized carbons (Fsp3) is 0.229. The molecule has 39 heavy (non-hydrogen) atoms. The highest BCUT2D eigenvalue weighted by molar-refractivity contribution is 5.92. The summed E-state index contributed by atoms with van der Waals surface area (Å²) in [5.74, 6) is 0.0132. The lowest BCUT2D eigenvalue weighted by Gasteiger charge is -2.37. The van der Waals surface area contributed by atoms with Crippen molar-refractivity contribution in [2.45, 2.75) is 36.7 Å². The molecule has 1 amide bonds. The Morgan fingerprint density at radius 2 is 1.28 bits per heavy atom. The number of likely N-dealkylation sites (tertiary alicyclic amines) is 1. The van der Waals surface area contributed by atoms with Crippen molar-refractivity contribution in [3.05, 3.63) is 156 Å². The topological polar surface area (TPSA) is 38.8 Å². The molecule has 0 aromatic heterocycles. The van der Waals surface area contributed by atoms with Crippen molar-refractivity contribution < 1.29 is 14.3 Å². The molecule has 0 saturated carbocycles. The summed E-state index contributed by atoms with van der Waals surface area (Å²) in [4.78, 5) is 15.5. The summed E-state index contributed by atoms with van der Waals surface area (Å²) >= 11 is 0. The molecular weight excluding hydrogens is 482 g/mol. The van der Waals surface area contributed by atoms with E-state index in [1.54, 1.807) is 0 Å². The Balaban J connectivity index is 1.27. The second-order valence-corrected chi connectivity index (χ2v) is 10.4. The molecule has 4 aromatic rings. The quantitative estimate of drug-likeness (QED) is 0.198. The molecule has 2 fully saturated rings. The Morgan fingerprint density at radius 1 is 0.795 bits per heavy atom. The lowest BCUT2D eigenvalue weighted by Crippen LogP contribution is -2.41. The molecule has 4 nitrogen and oxygen atoms in total. The number of amides is 1. The molecule has 0 radical (unpaired) electrons. The molecule has 2 aliphatic heterocycles. The van der Waals surface area contributed by atoms with Gasteiger partial charge in [-0.2, -0.15) is 0 Å². The number of ether oxygens (including phenoxy) is 2. The summed E-state index contributed by atoms with van der Waals surface area (Å²) in [6, 6.07) is 41.1. The van der Waals surface area contributed by atoms with E-state index in [2.05, 4.69) is 43.0 Å². The number of carbonyl (C=O) groups is 1. The molecular formula is C35H33NO3. The molecule has 1 unspecified atom stereocenters. The number of rotatable bonds is 8. The summed E-state index contributed by atoms with van der Waals surface area (Å²) in [6.07, 6.45) is 1.13. The maximum Gasteiger partial charge on any atom is 0.259 e. The fourth-order valence-corrected chi connectivity index (χ4v) is 6.06. The van der Waals surface area contributed by atoms with Crippen LogP contribution in [0, 0.1) is 0 Å². The molecule has 2 saturated heterocycles. The van der Waals surface area contributed by atoms with E-state index < -0.39 is 11.2 Å². The number of benzene rings is 4. The van der Waals surface area contributed by atoms with E-state index in [-0.39, 0.29) is 12.0 Å². The summed E-state index contributed by atoms with van der Waals surface area (Å²) in [6.45, 7) is 5.71. The zero-order valence-electron chi connectivity index (χ0n) is 22.0. The summed E-state index contributed by atoms with van der Waals surface area (Å²) in [7, 11) is 0. The van der Waals surface area contributed by atoms with Crippen LogP contribution in [-0.4, -0.2) is 35.7 Å². The van der Waals surface area contributed by atoms with Crippen molar-refractivity contribution in [1.29, 1.82) is 0 Å². The maximum atomic E-state index is 13.7. The van der Waals surface area contributed by atoms with E-state index in [4.69, 9.17) is 9.47 Å². The van der Waals surface area contributed by atoms with Gasteiger partial charge >= 0.3 is 0 Å². The highest BCUT2D eigenvalue weighted by Gasteiger charge is 2.55. The Morgan fingerprint density at radius 3 is 1.79 bits per heavy atom. The first kappa shape index (κ1) is 25.3. The van der Waals surface area contributed by atoms with Crippen LogP contribution < -0.4 is 0 Å². The van der Waals surface area contributed by atoms with Gasteiger partial charge in [0.25, 0.3) is 5.91 Å². The van der Waals surface area contributed by atoms with Crippen LogP contribution in [0.3, 0.4) is 0 Å². The van der Waals surface area contributed by atoms with Gasteiger partial charge in [-0.05, 0) is 40.7 Å². The Bertz CT molecular complexity index is 1330. The monoisotopic (exact) mass is 515 g/mol. The maximum absolute atomic E-state index is 13.7. The Hall–Kier alpha value is -3.99. The minimum absolute atomic E-state index is 0.0132. The first-order valence-electron chi connectivity index (χ1n) is 13.6. The van der Waals surface area contributed by atoms with E-state index in [0.29, 0.717) is 26.1 Å². The van der Waals surface area contributed by atoms with Crippen LogP contribution in [0.4, 0.5) is 0 Å². The van der Waals surface area contributed by atoms with Gasteiger partial charge < -0.3 is 14.4 Å². The van der Waals surface area contributed by atoms with E-state index in [9.17, 15) is 4.79 Å². The van der Waals surface area contributed by atoms with Crippen LogP contribution in [0.1, 0.15) is 35.1 Å². The highest BCUT2D eigenvalue weighted by atomic mass is 16.6. The zero-order chi connectivity index (χ0) is 26.7. The van der Waals surface area contributed by atoms with Crippen molar-refractivity contribution >= 4 is 5.91 Å². The largest absolute Gasteiger partial charge is 0.358 e. The third kappa shape index (κ3) is 4.60. The van der Waals surface area contributed by atoms with Gasteiger partial charge in [-0.3, -0.25) is 4.79 Å². The number of hydrogen-bond acceptors (Lipinski definition) is 3. The van der Waals surface area contributed by atoms with Gasteiger partial charge in [0, 0.05) is 13.1 Å². The fourth-order valence-electron chi connectivity index (χ4n) is 6.06. The third-order valence-corrected chi connectivity index (χ3v) is 8.01. The standard InChI is InChI=1S/C35H33NO3/c1-27-24-36(25-28-14-6-2-7-15-28)33(37)34(27)23-22-32(39-34)26-38-35(29-16-8-3-9-17-29,30-18-10-4-11-19-30)31-20-12-5-13-21-31/h2-21,32H,1,22-26H2/t32-,34?/m0/s1. The summed E-state index contributed by atoms with van der Waals surface area (Å²) in [5, 5.41) is 0. The summed E-state index contributed by atoms with van der Waals surface area (Å²) < 4.78 is 13.6. The van der Waals surface area contributed by atoms with Crippen LogP contribution in [0.15, 0.2) is 133 Å². The second-order valence-electron chi connectivity index (χ2n) is 10.4. The average Bonchev–Trinajstić information content (AvgIpc) is 3.53. The first-order chi connectivity index (χ1) is 19.1. The van der Waals surface area contributed by atoms with Crippen LogP contribution >= 0.6 is 0 Å². The van der Waals surface area contributed by atoms with Gasteiger partial charge in [-0.1, -0.05) is 128 Å². The predicted octanol–water partition coefficient (Wildman–Crippen LogP) is 6.51. The molecule has 0 bridgehead atoms. The zero-order valence-corrected chi connectivity index (χ0v) is 22.0. The van der Waals surface area contributed by atoms with Gasteiger partial charge in [0.1, 0.15) is 5.60 Å². The molecule has 2 heterocycles. The van der Waals surface area contributed by atoms with E-state index in [0.717, 1.165) is 34.2 Å². The number of hydrogen-bond donors (Lipinski definition) is 0. The van der Waals surface area contributed by atoms with Crippen LogP contribution in [0.5, 0.6) is 0 Å². The SMILES string of the molecule is C=C1CN(Cc2ccccc2)C(=O)C12CC[C@@H](COC(c1ccccc1)(c1ccccc1)c1ccccc1)O2. The van der Waals surface area contributed by atoms with Crippen molar-refractivity contribution in [1.82, 2.24) is 4.90 Å². The highest BCUT2D eigenvalue weighted by Crippen LogP contribution is 2.45. The van der Waals surface area contributed by atoms with Crippen molar-refractivity contribution in [3.8, 4) is 0 Å². The lowest BCUT2D eigenvalue weighted by atomic mass is 9.80. The van der Waals surface area contributed by atoms with E-state index in [1.165, 1.54) is 0 Å². The minimum Gasteiger partial charge on any atom is -0.358 e. The van der Waals surface area contributed by atoms with Gasteiger partial charge in [0.15, 0.2) is 5.60 Å². The van der Waals surface area contributed by atoms with Gasteiger partial charge in [0.2, 0.25) is 0 Å². The summed E-state index contributed by atoms with van der Waals surface area (Å²) in [5.41, 5.74) is 3.30. The second kappa shape index (κ2) is 10.6. The van der Waals surface area contributed by atoms with Gasteiger partial charge in [-0.25, -0.2) is 0 Å². The molecule has 4 heteroatoms. The number of carbonyl (C=O) groups excluding carboxylic acids is 1. The molecule has 1 spiro atoms. The third-order valence-electron chi connectivity index (χ3n) is 8.01. The normalized spacial score (nSPS) is 21.1. The molecule has 0 N–H and O–H groups in total. The van der Waals surface area contributed by atoms with Gasteiger partial charge in [0.05, 0.1) is 12.7 Å². The molecule has 6 rings (SSSR count). The Kier molecular flexibility index (Phi) is 6.90. The minimum atomic E-state index is -0.961. The number of nitrogens with zero attached hydrogens (tertiary/aromatic N) is 1. The molecule has 196 valence electrons. The average molecular weight is 516 g/mol. The van der Waals surface area contributed by atoms with Crippen molar-refractivity contribution in [2.24, 2.45) is 0 Å². The predicted molar refractivity (Wildman–Crippen MR) is 153 cm³/mol. The van der Waals surface area contributed by atoms with Gasteiger partial charge in [-0.15, -0.1) is 0 Å². The first-order valence-corrected chi connectivity index (χ1v) is 13.6. The molecule has 4 aromatic carbocycles. The van der Waals surface area contributed by atoms with Crippen LogP contribution in [0.2, 0.25) is 0 Å². The van der Waals surface area contributed by atoms with Crippen molar-refractivity contribution in [2.75, 3.05) is 13.2 Å². The van der Waals surface area contributed by atoms with Crippen LogP contribution in [0.25, 0.3) is 0 Å². The lowest BCUT2D eigenvalue weighted by molar-refractivity contribution is -0.149. The molecule has 2 atom stereocenters. The van der Waals surface area contributed by atoms with Crippen molar-refractivity contribution in [3.63, 3.8) is 0 Å². The molecule has 2 aliphatic rings. The smallest absolute Gasteiger partial charge is 0.259 e. The Labute approximate surface area is 230 Å².